The molecule has 0 bridgehead atoms. The lowest BCUT2D eigenvalue weighted by Gasteiger charge is -2.73. The van der Waals surface area contributed by atoms with E-state index in [-0.39, 0.29) is 17.5 Å². The number of fused-ring (bicyclic) bond motifs is 7. The van der Waals surface area contributed by atoms with Crippen LogP contribution in [0, 0.1) is 62.6 Å². The molecule has 0 aromatic carbocycles. The van der Waals surface area contributed by atoms with Gasteiger partial charge in [0, 0.05) is 11.8 Å². The summed E-state index contributed by atoms with van der Waals surface area (Å²) in [7, 11) is 0. The van der Waals surface area contributed by atoms with Gasteiger partial charge >= 0.3 is 5.97 Å². The quantitative estimate of drug-likeness (QED) is 0.286. The number of esters is 1. The van der Waals surface area contributed by atoms with Crippen LogP contribution in [0.2, 0.25) is 0 Å². The monoisotopic (exact) mass is 496 g/mol. The van der Waals surface area contributed by atoms with Crippen LogP contribution in [-0.2, 0) is 9.53 Å². The molecule has 0 spiro atoms. The van der Waals surface area contributed by atoms with Crippen LogP contribution in [0.3, 0.4) is 0 Å². The molecule has 0 aliphatic heterocycles. The van der Waals surface area contributed by atoms with Crippen LogP contribution in [0.15, 0.2) is 12.7 Å². The van der Waals surface area contributed by atoms with E-state index in [2.05, 4.69) is 68.0 Å². The van der Waals surface area contributed by atoms with Gasteiger partial charge in [0.2, 0.25) is 0 Å². The Hall–Kier alpha value is -0.790. The van der Waals surface area contributed by atoms with E-state index in [9.17, 15) is 4.79 Å². The fourth-order valence-corrected chi connectivity index (χ4v) is 12.0. The van der Waals surface area contributed by atoms with Crippen molar-refractivity contribution in [2.75, 3.05) is 0 Å². The molecule has 5 aliphatic rings. The first-order valence-electron chi connectivity index (χ1n) is 15.5. The van der Waals surface area contributed by atoms with Gasteiger partial charge in [-0.1, -0.05) is 61.5 Å². The molecule has 0 aromatic heterocycles. The zero-order valence-corrected chi connectivity index (χ0v) is 24.9. The molecule has 0 saturated heterocycles. The molecule has 0 N–H and O–H groups in total. The maximum Gasteiger partial charge on any atom is 0.306 e. The van der Waals surface area contributed by atoms with Crippen LogP contribution in [0.5, 0.6) is 0 Å². The molecule has 5 rings (SSSR count). The van der Waals surface area contributed by atoms with Gasteiger partial charge < -0.3 is 4.74 Å². The van der Waals surface area contributed by atoms with Crippen molar-refractivity contribution in [3.05, 3.63) is 12.7 Å². The van der Waals surface area contributed by atoms with E-state index in [1.165, 1.54) is 57.8 Å². The Kier molecular flexibility index (Phi) is 6.41. The summed E-state index contributed by atoms with van der Waals surface area (Å²) in [6.45, 7) is 24.1. The molecule has 5 saturated carbocycles. The number of hydrogen-bond acceptors (Lipinski definition) is 2. The molecule has 2 nitrogen and oxygen atoms in total. The summed E-state index contributed by atoms with van der Waals surface area (Å²) >= 11 is 0. The van der Waals surface area contributed by atoms with E-state index in [0.717, 1.165) is 30.1 Å². The minimum atomic E-state index is 0.0129. The van der Waals surface area contributed by atoms with Crippen LogP contribution < -0.4 is 0 Å². The Balaban J connectivity index is 1.43. The van der Waals surface area contributed by atoms with Gasteiger partial charge in [0.05, 0.1) is 0 Å². The highest BCUT2D eigenvalue weighted by molar-refractivity contribution is 5.69. The van der Waals surface area contributed by atoms with Crippen molar-refractivity contribution in [1.29, 1.82) is 0 Å². The van der Waals surface area contributed by atoms with Gasteiger partial charge in [-0.05, 0) is 121 Å². The fourth-order valence-electron chi connectivity index (χ4n) is 12.0. The second-order valence-corrected chi connectivity index (χ2v) is 16.2. The second-order valence-electron chi connectivity index (χ2n) is 16.2. The van der Waals surface area contributed by atoms with Crippen LogP contribution in [0.25, 0.3) is 0 Å². The molecule has 2 heteroatoms. The van der Waals surface area contributed by atoms with Crippen LogP contribution >= 0.6 is 0 Å². The molecule has 0 amide bonds. The normalized spacial score (nSPS) is 51.5. The summed E-state index contributed by atoms with van der Waals surface area (Å²) in [6, 6.07) is 0. The van der Waals surface area contributed by atoms with E-state index >= 15 is 0 Å². The highest BCUT2D eigenvalue weighted by Gasteiger charge is 2.70. The first kappa shape index (κ1) is 26.8. The molecule has 0 heterocycles. The minimum Gasteiger partial charge on any atom is -0.462 e. The fraction of sp³-hybridized carbons (Fsp3) is 0.912. The molecular formula is C34H56O2. The molecule has 5 fully saturated rings. The van der Waals surface area contributed by atoms with Gasteiger partial charge in [0.15, 0.2) is 0 Å². The molecule has 0 radical (unpaired) electrons. The lowest BCUT2D eigenvalue weighted by Crippen LogP contribution is -2.66. The third-order valence-electron chi connectivity index (χ3n) is 14.0. The van der Waals surface area contributed by atoms with Crippen molar-refractivity contribution in [2.24, 2.45) is 62.6 Å². The number of allylic oxidation sites excluding steroid dienone is 1. The summed E-state index contributed by atoms with van der Waals surface area (Å²) in [5.41, 5.74) is 1.77. The third-order valence-corrected chi connectivity index (χ3v) is 14.0. The van der Waals surface area contributed by atoms with E-state index < -0.39 is 0 Å². The summed E-state index contributed by atoms with van der Waals surface area (Å²) in [5, 5.41) is 0. The van der Waals surface area contributed by atoms with Gasteiger partial charge in [-0.15, -0.1) is 6.58 Å². The lowest BCUT2D eigenvalue weighted by atomic mass is 9.32. The van der Waals surface area contributed by atoms with Gasteiger partial charge in [0.1, 0.15) is 6.10 Å². The molecule has 10 atom stereocenters. The highest BCUT2D eigenvalue weighted by Crippen LogP contribution is 2.77. The third kappa shape index (κ3) is 3.57. The maximum absolute atomic E-state index is 12.7. The Morgan fingerprint density at radius 1 is 0.861 bits per heavy atom. The van der Waals surface area contributed by atoms with Crippen molar-refractivity contribution in [3.63, 3.8) is 0 Å². The molecule has 0 aromatic rings. The van der Waals surface area contributed by atoms with Crippen LogP contribution in [-0.4, -0.2) is 12.1 Å². The average Bonchev–Trinajstić information content (AvgIpc) is 3.12. The molecule has 36 heavy (non-hydrogen) atoms. The number of rotatable bonds is 4. The smallest absolute Gasteiger partial charge is 0.306 e. The van der Waals surface area contributed by atoms with E-state index in [1.54, 1.807) is 0 Å². The number of hydrogen-bond donors (Lipinski definition) is 0. The van der Waals surface area contributed by atoms with Gasteiger partial charge in [0.25, 0.3) is 0 Å². The SMILES string of the molecule is C=CC1CCC2(C)CCC3(C)C(CCC4C5(C)CCC(OC(=O)CC(C)C)C(C)(C)C5CCC43C)C12. The predicted octanol–water partition coefficient (Wildman–Crippen LogP) is 9.23. The van der Waals surface area contributed by atoms with Crippen molar-refractivity contribution >= 4 is 5.97 Å². The Bertz CT molecular complexity index is 888. The number of carbonyl (C=O) groups excluding carboxylic acids is 1. The topological polar surface area (TPSA) is 26.3 Å². The summed E-state index contributed by atoms with van der Waals surface area (Å²) in [6.07, 6.45) is 16.3. The van der Waals surface area contributed by atoms with Crippen LogP contribution in [0.4, 0.5) is 0 Å². The van der Waals surface area contributed by atoms with E-state index in [0.29, 0.717) is 39.9 Å². The molecule has 204 valence electrons. The van der Waals surface area contributed by atoms with E-state index in [1.807, 2.05) is 0 Å². The first-order valence-corrected chi connectivity index (χ1v) is 15.5. The predicted molar refractivity (Wildman–Crippen MR) is 149 cm³/mol. The molecule has 5 aliphatic carbocycles. The van der Waals surface area contributed by atoms with E-state index in [4.69, 9.17) is 4.74 Å². The summed E-state index contributed by atoms with van der Waals surface area (Å²) in [5.74, 6) is 4.20. The maximum atomic E-state index is 12.7. The highest BCUT2D eigenvalue weighted by atomic mass is 16.5. The number of ether oxygens (including phenoxy) is 1. The Morgan fingerprint density at radius 3 is 2.25 bits per heavy atom. The van der Waals surface area contributed by atoms with Crippen molar-refractivity contribution in [1.82, 2.24) is 0 Å². The average molecular weight is 497 g/mol. The summed E-state index contributed by atoms with van der Waals surface area (Å²) in [4.78, 5) is 12.7. The first-order chi connectivity index (χ1) is 16.7. The van der Waals surface area contributed by atoms with Crippen LogP contribution in [0.1, 0.15) is 126 Å². The zero-order valence-electron chi connectivity index (χ0n) is 24.9. The van der Waals surface area contributed by atoms with Crippen molar-refractivity contribution < 1.29 is 9.53 Å². The van der Waals surface area contributed by atoms with Gasteiger partial charge in [-0.2, -0.15) is 0 Å². The summed E-state index contributed by atoms with van der Waals surface area (Å²) < 4.78 is 6.21. The Morgan fingerprint density at radius 2 is 1.58 bits per heavy atom. The molecular weight excluding hydrogens is 440 g/mol. The Labute approximate surface area is 222 Å². The van der Waals surface area contributed by atoms with Gasteiger partial charge in [-0.3, -0.25) is 4.79 Å². The van der Waals surface area contributed by atoms with Crippen molar-refractivity contribution in [2.45, 2.75) is 132 Å². The largest absolute Gasteiger partial charge is 0.462 e. The zero-order chi connectivity index (χ0) is 26.3. The lowest BCUT2D eigenvalue weighted by molar-refractivity contribution is -0.249. The van der Waals surface area contributed by atoms with Crippen molar-refractivity contribution in [3.8, 4) is 0 Å². The second kappa shape index (κ2) is 8.61. The minimum absolute atomic E-state index is 0.0129. The van der Waals surface area contributed by atoms with Gasteiger partial charge in [-0.25, -0.2) is 0 Å². The molecule has 10 unspecified atom stereocenters. The number of carbonyl (C=O) groups is 1. The standard InChI is InChI=1S/C34H56O2/c1-10-23-13-16-31(6)19-20-33(8)24(29(23)31)11-12-26-32(7)17-15-27(36-28(35)21-22(2)3)30(4,5)25(32)14-18-34(26,33)9/h10,22-27,29H,1,11-21H2,2-9H3.